The van der Waals surface area contributed by atoms with E-state index in [0.29, 0.717) is 24.7 Å². The molecule has 0 fully saturated rings. The van der Waals surface area contributed by atoms with Crippen LogP contribution in [0.15, 0.2) is 45.9 Å². The summed E-state index contributed by atoms with van der Waals surface area (Å²) in [5, 5.41) is 2.86. The second kappa shape index (κ2) is 9.80. The molecule has 2 N–H and O–H groups in total. The Labute approximate surface area is 170 Å². The highest BCUT2D eigenvalue weighted by Crippen LogP contribution is 2.31. The third kappa shape index (κ3) is 6.23. The molecule has 0 bridgehead atoms. The van der Waals surface area contributed by atoms with Crippen LogP contribution in [0, 0.1) is 0 Å². The van der Waals surface area contributed by atoms with E-state index < -0.39 is 10.0 Å². The van der Waals surface area contributed by atoms with Crippen molar-refractivity contribution in [2.24, 2.45) is 0 Å². The van der Waals surface area contributed by atoms with Crippen LogP contribution < -0.4 is 19.5 Å². The van der Waals surface area contributed by atoms with Crippen molar-refractivity contribution in [2.45, 2.75) is 43.5 Å². The predicted octanol–water partition coefficient (Wildman–Crippen LogP) is 2.25. The third-order valence-electron chi connectivity index (χ3n) is 4.48. The summed E-state index contributed by atoms with van der Waals surface area (Å²) in [5.74, 6) is 1.60. The van der Waals surface area contributed by atoms with E-state index in [4.69, 9.17) is 13.9 Å². The van der Waals surface area contributed by atoms with Gasteiger partial charge >= 0.3 is 0 Å². The number of hydrogen-bond donors (Lipinski definition) is 2. The number of benzene rings is 1. The molecule has 1 aromatic heterocycles. The van der Waals surface area contributed by atoms with Gasteiger partial charge in [-0.15, -0.1) is 0 Å². The maximum atomic E-state index is 12.5. The number of hydrogen-bond acceptors (Lipinski definition) is 6. The van der Waals surface area contributed by atoms with Crippen molar-refractivity contribution >= 4 is 15.9 Å². The van der Waals surface area contributed by atoms with Crippen LogP contribution >= 0.6 is 0 Å². The fourth-order valence-corrected chi connectivity index (χ4v) is 3.97. The Hall–Kier alpha value is -2.52. The van der Waals surface area contributed by atoms with Gasteiger partial charge in [0.25, 0.3) is 0 Å². The average molecular weight is 423 g/mol. The summed E-state index contributed by atoms with van der Waals surface area (Å²) < 4.78 is 43.8. The van der Waals surface area contributed by atoms with Crippen molar-refractivity contribution in [3.05, 3.63) is 42.4 Å². The van der Waals surface area contributed by atoms with Gasteiger partial charge in [-0.3, -0.25) is 4.79 Å². The molecular weight excluding hydrogens is 396 g/mol. The molecular formula is C20H26N2O6S. The van der Waals surface area contributed by atoms with E-state index in [-0.39, 0.29) is 29.8 Å². The summed E-state index contributed by atoms with van der Waals surface area (Å²) in [6.45, 7) is 2.92. The number of furan rings is 1. The Morgan fingerprint density at radius 3 is 2.72 bits per heavy atom. The minimum absolute atomic E-state index is 0.00745. The number of ether oxygens (including phenoxy) is 2. The molecule has 1 aliphatic heterocycles. The van der Waals surface area contributed by atoms with E-state index >= 15 is 0 Å². The highest BCUT2D eigenvalue weighted by atomic mass is 32.2. The summed E-state index contributed by atoms with van der Waals surface area (Å²) in [7, 11) is -3.75. The number of carbonyl (C=O) groups is 1. The second-order valence-corrected chi connectivity index (χ2v) is 8.66. The maximum absolute atomic E-state index is 12.5. The molecule has 29 heavy (non-hydrogen) atoms. The topological polar surface area (TPSA) is 107 Å². The van der Waals surface area contributed by atoms with Crippen LogP contribution in [0.1, 0.15) is 31.9 Å². The van der Waals surface area contributed by atoms with Crippen LogP contribution in [-0.4, -0.2) is 40.1 Å². The molecule has 1 aromatic carbocycles. The molecule has 2 heterocycles. The van der Waals surface area contributed by atoms with Gasteiger partial charge in [-0.1, -0.05) is 0 Å². The van der Waals surface area contributed by atoms with Gasteiger partial charge in [0, 0.05) is 37.9 Å². The highest BCUT2D eigenvalue weighted by Gasteiger charge is 2.19. The first kappa shape index (κ1) is 21.2. The van der Waals surface area contributed by atoms with Crippen LogP contribution in [0.5, 0.6) is 11.5 Å². The standard InChI is InChI=1S/C20H26N2O6S/c1-15(5-6-16-4-2-11-26-16)22-20(23)9-10-21-29(24,25)17-7-8-18-19(14-17)28-13-3-12-27-18/h2,4,7-8,11,14-15,21H,3,5-6,9-10,12-13H2,1H3,(H,22,23). The number of nitrogens with one attached hydrogen (secondary N) is 2. The number of sulfonamides is 1. The minimum Gasteiger partial charge on any atom is -0.490 e. The number of rotatable bonds is 9. The van der Waals surface area contributed by atoms with E-state index in [9.17, 15) is 13.2 Å². The van der Waals surface area contributed by atoms with Crippen molar-refractivity contribution in [3.8, 4) is 11.5 Å². The van der Waals surface area contributed by atoms with E-state index in [1.807, 2.05) is 19.1 Å². The van der Waals surface area contributed by atoms with Gasteiger partial charge in [0.05, 0.1) is 24.4 Å². The molecule has 1 atom stereocenters. The molecule has 0 saturated carbocycles. The van der Waals surface area contributed by atoms with E-state index in [0.717, 1.165) is 25.0 Å². The normalized spacial score (nSPS) is 14.8. The molecule has 9 heteroatoms. The zero-order valence-electron chi connectivity index (χ0n) is 16.3. The van der Waals surface area contributed by atoms with Gasteiger partial charge in [0.15, 0.2) is 11.5 Å². The lowest BCUT2D eigenvalue weighted by Crippen LogP contribution is -2.35. The number of aryl methyl sites for hydroxylation is 1. The van der Waals surface area contributed by atoms with E-state index in [1.54, 1.807) is 12.3 Å². The van der Waals surface area contributed by atoms with Crippen molar-refractivity contribution in [1.29, 1.82) is 0 Å². The highest BCUT2D eigenvalue weighted by molar-refractivity contribution is 7.89. The molecule has 8 nitrogen and oxygen atoms in total. The molecule has 1 amide bonds. The Bertz CT molecular complexity index is 911. The summed E-state index contributed by atoms with van der Waals surface area (Å²) in [5.41, 5.74) is 0. The Morgan fingerprint density at radius 1 is 1.17 bits per heavy atom. The Morgan fingerprint density at radius 2 is 1.97 bits per heavy atom. The molecule has 0 radical (unpaired) electrons. The molecule has 158 valence electrons. The zero-order chi connectivity index (χ0) is 20.7. The number of fused-ring (bicyclic) bond motifs is 1. The lowest BCUT2D eigenvalue weighted by atomic mass is 10.1. The fraction of sp³-hybridized carbons (Fsp3) is 0.450. The van der Waals surface area contributed by atoms with E-state index in [2.05, 4.69) is 10.0 Å². The van der Waals surface area contributed by atoms with Crippen LogP contribution in [0.25, 0.3) is 0 Å². The molecule has 2 aromatic rings. The largest absolute Gasteiger partial charge is 0.490 e. The molecule has 3 rings (SSSR count). The first-order valence-corrected chi connectivity index (χ1v) is 11.1. The Kier molecular flexibility index (Phi) is 7.16. The number of amides is 1. The summed E-state index contributed by atoms with van der Waals surface area (Å²) in [6, 6.07) is 8.18. The van der Waals surface area contributed by atoms with Gasteiger partial charge in [-0.2, -0.15) is 0 Å². The van der Waals surface area contributed by atoms with Gasteiger partial charge in [0.2, 0.25) is 15.9 Å². The first-order chi connectivity index (χ1) is 13.9. The maximum Gasteiger partial charge on any atom is 0.240 e. The lowest BCUT2D eigenvalue weighted by molar-refractivity contribution is -0.121. The van der Waals surface area contributed by atoms with Gasteiger partial charge in [-0.05, 0) is 37.6 Å². The molecule has 0 saturated heterocycles. The van der Waals surface area contributed by atoms with Gasteiger partial charge in [0.1, 0.15) is 5.76 Å². The monoisotopic (exact) mass is 422 g/mol. The van der Waals surface area contributed by atoms with Crippen LogP contribution in [0.3, 0.4) is 0 Å². The zero-order valence-corrected chi connectivity index (χ0v) is 17.2. The lowest BCUT2D eigenvalue weighted by Gasteiger charge is -2.14. The van der Waals surface area contributed by atoms with Crippen LogP contribution in [0.2, 0.25) is 0 Å². The summed E-state index contributed by atoms with van der Waals surface area (Å²) in [6.07, 6.45) is 3.88. The molecule has 1 unspecified atom stereocenters. The van der Waals surface area contributed by atoms with Crippen molar-refractivity contribution in [3.63, 3.8) is 0 Å². The van der Waals surface area contributed by atoms with Crippen molar-refractivity contribution in [2.75, 3.05) is 19.8 Å². The molecule has 0 aliphatic carbocycles. The van der Waals surface area contributed by atoms with Crippen molar-refractivity contribution in [1.82, 2.24) is 10.0 Å². The van der Waals surface area contributed by atoms with Crippen LogP contribution in [0.4, 0.5) is 0 Å². The first-order valence-electron chi connectivity index (χ1n) is 9.65. The molecule has 0 spiro atoms. The summed E-state index contributed by atoms with van der Waals surface area (Å²) >= 11 is 0. The average Bonchev–Trinajstić information content (AvgIpc) is 3.09. The van der Waals surface area contributed by atoms with Crippen LogP contribution in [-0.2, 0) is 21.2 Å². The number of carbonyl (C=O) groups excluding carboxylic acids is 1. The van der Waals surface area contributed by atoms with Crippen molar-refractivity contribution < 1.29 is 27.1 Å². The quantitative estimate of drug-likeness (QED) is 0.642. The summed E-state index contributed by atoms with van der Waals surface area (Å²) in [4.78, 5) is 12.1. The Balaban J connectivity index is 1.45. The molecule has 1 aliphatic rings. The third-order valence-corrected chi connectivity index (χ3v) is 5.94. The minimum atomic E-state index is -3.75. The smallest absolute Gasteiger partial charge is 0.240 e. The fourth-order valence-electron chi connectivity index (χ4n) is 2.93. The van der Waals surface area contributed by atoms with E-state index in [1.165, 1.54) is 12.1 Å². The van der Waals surface area contributed by atoms with Gasteiger partial charge < -0.3 is 19.2 Å². The second-order valence-electron chi connectivity index (χ2n) is 6.89. The SMILES string of the molecule is CC(CCc1ccco1)NC(=O)CCNS(=O)(=O)c1ccc2c(c1)OCCCO2. The van der Waals surface area contributed by atoms with Gasteiger partial charge in [-0.25, -0.2) is 13.1 Å². The predicted molar refractivity (Wildman–Crippen MR) is 106 cm³/mol.